The van der Waals surface area contributed by atoms with Crippen molar-refractivity contribution in [1.29, 1.82) is 0 Å². The number of amides is 1. The summed E-state index contributed by atoms with van der Waals surface area (Å²) in [6, 6.07) is 7.40. The molecule has 3 aromatic rings. The van der Waals surface area contributed by atoms with E-state index >= 15 is 0 Å². The van der Waals surface area contributed by atoms with Crippen LogP contribution in [0.4, 0.5) is 0 Å². The predicted molar refractivity (Wildman–Crippen MR) is 106 cm³/mol. The molecule has 0 saturated heterocycles. The summed E-state index contributed by atoms with van der Waals surface area (Å²) in [4.78, 5) is 20.0. The number of aromatic nitrogens is 4. The first-order chi connectivity index (χ1) is 13.0. The molecule has 27 heavy (non-hydrogen) atoms. The van der Waals surface area contributed by atoms with Gasteiger partial charge in [-0.2, -0.15) is 0 Å². The zero-order chi connectivity index (χ0) is 19.1. The third-order valence-corrected chi connectivity index (χ3v) is 6.16. The fourth-order valence-corrected chi connectivity index (χ4v) is 4.58. The number of nitrogens with zero attached hydrogens (tertiary/aromatic N) is 5. The van der Waals surface area contributed by atoms with Gasteiger partial charge >= 0.3 is 0 Å². The monoisotopic (exact) mass is 401 g/mol. The van der Waals surface area contributed by atoms with Crippen molar-refractivity contribution in [1.82, 2.24) is 24.6 Å². The number of fused-ring (bicyclic) bond motifs is 1. The van der Waals surface area contributed by atoms with Crippen molar-refractivity contribution < 1.29 is 4.79 Å². The molecule has 0 radical (unpaired) electrons. The fraction of sp³-hybridized carbons (Fsp3) is 0.368. The Morgan fingerprint density at radius 1 is 1.26 bits per heavy atom. The number of carbonyl (C=O) groups excluding carboxylic acids is 1. The summed E-state index contributed by atoms with van der Waals surface area (Å²) in [5, 5.41) is 10.0. The van der Waals surface area contributed by atoms with E-state index < -0.39 is 0 Å². The van der Waals surface area contributed by atoms with Crippen molar-refractivity contribution in [3.8, 4) is 10.6 Å². The summed E-state index contributed by atoms with van der Waals surface area (Å²) in [5.74, 6) is 2.09. The average molecular weight is 402 g/mol. The average Bonchev–Trinajstić information content (AvgIpc) is 3.29. The third kappa shape index (κ3) is 3.15. The van der Waals surface area contributed by atoms with Crippen LogP contribution >= 0.6 is 22.9 Å². The molecule has 1 aromatic carbocycles. The van der Waals surface area contributed by atoms with Crippen molar-refractivity contribution in [3.63, 3.8) is 0 Å². The highest BCUT2D eigenvalue weighted by Crippen LogP contribution is 2.33. The maximum atomic E-state index is 13.1. The van der Waals surface area contributed by atoms with E-state index in [9.17, 15) is 4.79 Å². The summed E-state index contributed by atoms with van der Waals surface area (Å²) >= 11 is 7.62. The molecule has 1 aliphatic heterocycles. The van der Waals surface area contributed by atoms with Crippen LogP contribution in [-0.4, -0.2) is 37.1 Å². The van der Waals surface area contributed by atoms with Gasteiger partial charge < -0.3 is 9.47 Å². The van der Waals surface area contributed by atoms with Crippen LogP contribution in [0.1, 0.15) is 54.1 Å². The lowest BCUT2D eigenvalue weighted by atomic mass is 10.1. The van der Waals surface area contributed by atoms with Crippen molar-refractivity contribution in [3.05, 3.63) is 52.0 Å². The molecule has 0 fully saturated rings. The SMILES string of the molecule is CC(C)c1nnc2n1CCN(C(=O)c1cnc(-c3ccccc3Cl)s1)C2C. The molecular formula is C19H20ClN5OS. The third-order valence-electron chi connectivity index (χ3n) is 4.81. The summed E-state index contributed by atoms with van der Waals surface area (Å²) in [7, 11) is 0. The summed E-state index contributed by atoms with van der Waals surface area (Å²) in [6.45, 7) is 7.55. The van der Waals surface area contributed by atoms with E-state index in [1.165, 1.54) is 11.3 Å². The van der Waals surface area contributed by atoms with E-state index in [0.29, 0.717) is 28.9 Å². The summed E-state index contributed by atoms with van der Waals surface area (Å²) < 4.78 is 2.14. The topological polar surface area (TPSA) is 63.9 Å². The number of benzene rings is 1. The zero-order valence-electron chi connectivity index (χ0n) is 15.4. The Morgan fingerprint density at radius 2 is 2.04 bits per heavy atom. The van der Waals surface area contributed by atoms with E-state index in [4.69, 9.17) is 11.6 Å². The van der Waals surface area contributed by atoms with Crippen LogP contribution in [-0.2, 0) is 6.54 Å². The number of thiazole rings is 1. The lowest BCUT2D eigenvalue weighted by Crippen LogP contribution is -2.41. The molecule has 2 aromatic heterocycles. The molecule has 1 atom stereocenters. The molecule has 1 amide bonds. The number of hydrogen-bond acceptors (Lipinski definition) is 5. The molecular weight excluding hydrogens is 382 g/mol. The highest BCUT2D eigenvalue weighted by molar-refractivity contribution is 7.17. The Labute approximate surface area is 166 Å². The largest absolute Gasteiger partial charge is 0.326 e. The fourth-order valence-electron chi connectivity index (χ4n) is 3.39. The Morgan fingerprint density at radius 3 is 2.78 bits per heavy atom. The molecule has 1 unspecified atom stereocenters. The van der Waals surface area contributed by atoms with Crippen molar-refractivity contribution in [2.45, 2.75) is 39.3 Å². The molecule has 8 heteroatoms. The van der Waals surface area contributed by atoms with Crippen LogP contribution in [0.15, 0.2) is 30.5 Å². The lowest BCUT2D eigenvalue weighted by Gasteiger charge is -2.33. The minimum atomic E-state index is -0.128. The van der Waals surface area contributed by atoms with Crippen molar-refractivity contribution >= 4 is 28.8 Å². The normalized spacial score (nSPS) is 16.6. The standard InChI is InChI=1S/C19H20ClN5OS/c1-11(2)16-22-23-17-12(3)24(8-9-25(16)17)19(26)15-10-21-18(27-15)13-6-4-5-7-14(13)20/h4-7,10-12H,8-9H2,1-3H3. The van der Waals surface area contributed by atoms with Crippen LogP contribution in [0.3, 0.4) is 0 Å². The quantitative estimate of drug-likeness (QED) is 0.652. The molecule has 3 heterocycles. The van der Waals surface area contributed by atoms with Crippen molar-refractivity contribution in [2.24, 2.45) is 0 Å². The van der Waals surface area contributed by atoms with Gasteiger partial charge in [0.1, 0.15) is 15.7 Å². The van der Waals surface area contributed by atoms with Crippen LogP contribution in [0.2, 0.25) is 5.02 Å². The molecule has 0 bridgehead atoms. The number of carbonyl (C=O) groups is 1. The first-order valence-corrected chi connectivity index (χ1v) is 10.1. The Hall–Kier alpha value is -2.25. The van der Waals surface area contributed by atoms with Gasteiger partial charge in [-0.25, -0.2) is 4.98 Å². The van der Waals surface area contributed by atoms with Gasteiger partial charge in [0.05, 0.1) is 17.3 Å². The highest BCUT2D eigenvalue weighted by atomic mass is 35.5. The molecule has 0 spiro atoms. The zero-order valence-corrected chi connectivity index (χ0v) is 17.0. The molecule has 0 aliphatic carbocycles. The summed E-state index contributed by atoms with van der Waals surface area (Å²) in [6.07, 6.45) is 1.64. The van der Waals surface area contributed by atoms with Crippen LogP contribution < -0.4 is 0 Å². The molecule has 4 rings (SSSR count). The number of hydrogen-bond donors (Lipinski definition) is 0. The predicted octanol–water partition coefficient (Wildman–Crippen LogP) is 4.40. The van der Waals surface area contributed by atoms with E-state index in [0.717, 1.165) is 22.2 Å². The maximum absolute atomic E-state index is 13.1. The van der Waals surface area contributed by atoms with E-state index in [-0.39, 0.29) is 11.9 Å². The number of rotatable bonds is 3. The van der Waals surface area contributed by atoms with Gasteiger partial charge in [0.25, 0.3) is 5.91 Å². The summed E-state index contributed by atoms with van der Waals surface area (Å²) in [5.41, 5.74) is 0.844. The van der Waals surface area contributed by atoms with Gasteiger partial charge in [-0.1, -0.05) is 43.6 Å². The van der Waals surface area contributed by atoms with E-state index in [2.05, 4.69) is 33.6 Å². The van der Waals surface area contributed by atoms with Gasteiger partial charge in [0.15, 0.2) is 5.82 Å². The first-order valence-electron chi connectivity index (χ1n) is 8.92. The van der Waals surface area contributed by atoms with Gasteiger partial charge in [-0.3, -0.25) is 4.79 Å². The first kappa shape index (κ1) is 18.1. The van der Waals surface area contributed by atoms with Crippen LogP contribution in [0, 0.1) is 0 Å². The van der Waals surface area contributed by atoms with E-state index in [1.807, 2.05) is 36.1 Å². The Kier molecular flexibility index (Phi) is 4.74. The highest BCUT2D eigenvalue weighted by Gasteiger charge is 2.33. The Balaban J connectivity index is 1.60. The minimum absolute atomic E-state index is 0.0290. The van der Waals surface area contributed by atoms with Crippen LogP contribution in [0.5, 0.6) is 0 Å². The number of halogens is 1. The molecule has 0 saturated carbocycles. The second-order valence-electron chi connectivity index (χ2n) is 6.91. The minimum Gasteiger partial charge on any atom is -0.326 e. The van der Waals surface area contributed by atoms with Gasteiger partial charge in [-0.05, 0) is 13.0 Å². The maximum Gasteiger partial charge on any atom is 0.266 e. The second-order valence-corrected chi connectivity index (χ2v) is 8.34. The molecule has 0 N–H and O–H groups in total. The Bertz CT molecular complexity index is 996. The molecule has 6 nitrogen and oxygen atoms in total. The van der Waals surface area contributed by atoms with Gasteiger partial charge in [-0.15, -0.1) is 21.5 Å². The van der Waals surface area contributed by atoms with Gasteiger partial charge in [0, 0.05) is 24.6 Å². The smallest absolute Gasteiger partial charge is 0.266 e. The van der Waals surface area contributed by atoms with Crippen molar-refractivity contribution in [2.75, 3.05) is 6.54 Å². The van der Waals surface area contributed by atoms with E-state index in [1.54, 1.807) is 6.20 Å². The molecule has 140 valence electrons. The second kappa shape index (κ2) is 7.05. The lowest BCUT2D eigenvalue weighted by molar-refractivity contribution is 0.0641. The molecule has 1 aliphatic rings. The van der Waals surface area contributed by atoms with Gasteiger partial charge in [0.2, 0.25) is 0 Å². The van der Waals surface area contributed by atoms with Crippen LogP contribution in [0.25, 0.3) is 10.6 Å².